The van der Waals surface area contributed by atoms with E-state index in [1.165, 1.54) is 0 Å². The Morgan fingerprint density at radius 1 is 1.17 bits per heavy atom. The van der Waals surface area contributed by atoms with E-state index in [0.717, 1.165) is 34.3 Å². The van der Waals surface area contributed by atoms with E-state index in [1.807, 2.05) is 61.3 Å². The van der Waals surface area contributed by atoms with Gasteiger partial charge in [0.1, 0.15) is 5.69 Å². The van der Waals surface area contributed by atoms with Crippen LogP contribution < -0.4 is 16.0 Å². The van der Waals surface area contributed by atoms with Crippen LogP contribution in [-0.4, -0.2) is 56.0 Å². The molecule has 3 aromatic heterocycles. The van der Waals surface area contributed by atoms with Crippen LogP contribution in [0.2, 0.25) is 0 Å². The van der Waals surface area contributed by atoms with Crippen molar-refractivity contribution in [2.24, 2.45) is 11.7 Å². The minimum absolute atomic E-state index is 0.0104. The van der Waals surface area contributed by atoms with Crippen molar-refractivity contribution < 1.29 is 9.90 Å². The minimum atomic E-state index is -0.547. The molecular weight excluding hydrogens is 442 g/mol. The molecule has 5 rings (SSSR count). The molecule has 35 heavy (non-hydrogen) atoms. The predicted molar refractivity (Wildman–Crippen MR) is 136 cm³/mol. The summed E-state index contributed by atoms with van der Waals surface area (Å²) in [4.78, 5) is 24.1. The number of rotatable bonds is 5. The fourth-order valence-electron chi connectivity index (χ4n) is 4.57. The largest absolute Gasteiger partial charge is 0.391 e. The number of nitrogens with two attached hydrogens (primary N) is 1. The number of benzene rings is 1. The lowest BCUT2D eigenvalue weighted by molar-refractivity contribution is 0.0785. The highest BCUT2D eigenvalue weighted by molar-refractivity contribution is 6.05. The van der Waals surface area contributed by atoms with Gasteiger partial charge < -0.3 is 21.1 Å². The molecule has 0 aliphatic carbocycles. The van der Waals surface area contributed by atoms with Gasteiger partial charge in [0.2, 0.25) is 0 Å². The third-order valence-corrected chi connectivity index (χ3v) is 6.56. The SMILES string of the molecule is CCn1cc(-c2ccc3ccc(C(=O)Nc4cnccc4N4CC(C)C(O)C(N)C4)nc3c2)cn1. The number of aromatic nitrogens is 4. The minimum Gasteiger partial charge on any atom is -0.391 e. The van der Waals surface area contributed by atoms with Gasteiger partial charge in [-0.1, -0.05) is 25.1 Å². The molecule has 0 radical (unpaired) electrons. The number of aryl methyl sites for hydroxylation is 1. The van der Waals surface area contributed by atoms with E-state index in [2.05, 4.69) is 25.3 Å². The number of nitrogens with zero attached hydrogens (tertiary/aromatic N) is 5. The van der Waals surface area contributed by atoms with Crippen LogP contribution in [-0.2, 0) is 6.54 Å². The van der Waals surface area contributed by atoms with E-state index in [-0.39, 0.29) is 17.9 Å². The number of nitrogens with one attached hydrogen (secondary N) is 1. The molecule has 1 amide bonds. The Balaban J connectivity index is 1.40. The van der Waals surface area contributed by atoms with Crippen LogP contribution in [0.5, 0.6) is 0 Å². The molecule has 1 aliphatic rings. The topological polar surface area (TPSA) is 122 Å². The lowest BCUT2D eigenvalue weighted by atomic mass is 9.92. The van der Waals surface area contributed by atoms with E-state index in [9.17, 15) is 9.90 Å². The van der Waals surface area contributed by atoms with Crippen LogP contribution in [0.4, 0.5) is 11.4 Å². The summed E-state index contributed by atoms with van der Waals surface area (Å²) in [6, 6.07) is 11.1. The first kappa shape index (κ1) is 22.9. The Morgan fingerprint density at radius 3 is 2.77 bits per heavy atom. The van der Waals surface area contributed by atoms with Gasteiger partial charge in [-0.3, -0.25) is 14.5 Å². The van der Waals surface area contributed by atoms with Crippen molar-refractivity contribution in [1.82, 2.24) is 19.7 Å². The average Bonchev–Trinajstić information content (AvgIpc) is 3.36. The summed E-state index contributed by atoms with van der Waals surface area (Å²) in [5.41, 5.74) is 10.6. The van der Waals surface area contributed by atoms with Crippen molar-refractivity contribution in [3.05, 3.63) is 66.9 Å². The highest BCUT2D eigenvalue weighted by Gasteiger charge is 2.32. The van der Waals surface area contributed by atoms with Gasteiger partial charge in [-0.15, -0.1) is 0 Å². The Kier molecular flexibility index (Phi) is 6.19. The molecule has 0 saturated carbocycles. The summed E-state index contributed by atoms with van der Waals surface area (Å²) in [5, 5.41) is 18.5. The quantitative estimate of drug-likeness (QED) is 0.409. The zero-order valence-corrected chi connectivity index (χ0v) is 19.8. The highest BCUT2D eigenvalue weighted by atomic mass is 16.3. The summed E-state index contributed by atoms with van der Waals surface area (Å²) < 4.78 is 1.87. The maximum atomic E-state index is 13.2. The van der Waals surface area contributed by atoms with Gasteiger partial charge >= 0.3 is 0 Å². The molecule has 1 aromatic carbocycles. The number of amides is 1. The molecule has 1 fully saturated rings. The molecule has 4 heterocycles. The van der Waals surface area contributed by atoms with E-state index in [4.69, 9.17) is 5.73 Å². The Morgan fingerprint density at radius 2 is 2.00 bits per heavy atom. The maximum Gasteiger partial charge on any atom is 0.274 e. The summed E-state index contributed by atoms with van der Waals surface area (Å²) in [6.45, 7) is 5.93. The van der Waals surface area contributed by atoms with Crippen LogP contribution in [0.15, 0.2) is 61.2 Å². The van der Waals surface area contributed by atoms with E-state index >= 15 is 0 Å². The van der Waals surface area contributed by atoms with Gasteiger partial charge in [-0.2, -0.15) is 5.10 Å². The molecule has 9 heteroatoms. The van der Waals surface area contributed by atoms with Crippen molar-refractivity contribution in [1.29, 1.82) is 0 Å². The number of aliphatic hydroxyl groups is 1. The summed E-state index contributed by atoms with van der Waals surface area (Å²) in [6.07, 6.45) is 6.59. The van der Waals surface area contributed by atoms with E-state index in [0.29, 0.717) is 24.5 Å². The summed E-state index contributed by atoms with van der Waals surface area (Å²) >= 11 is 0. The fraction of sp³-hybridized carbons (Fsp3) is 0.308. The van der Waals surface area contributed by atoms with Crippen LogP contribution in [0.1, 0.15) is 24.3 Å². The first-order valence-electron chi connectivity index (χ1n) is 11.8. The molecule has 9 nitrogen and oxygen atoms in total. The van der Waals surface area contributed by atoms with Gasteiger partial charge in [-0.05, 0) is 30.7 Å². The lowest BCUT2D eigenvalue weighted by Crippen LogP contribution is -2.55. The summed E-state index contributed by atoms with van der Waals surface area (Å²) in [5.74, 6) is -0.309. The second kappa shape index (κ2) is 9.44. The molecule has 4 N–H and O–H groups in total. The van der Waals surface area contributed by atoms with Gasteiger partial charge in [0, 0.05) is 54.9 Å². The number of aliphatic hydroxyl groups excluding tert-OH is 1. The Hall–Kier alpha value is -3.82. The van der Waals surface area contributed by atoms with Crippen LogP contribution in [0.25, 0.3) is 22.0 Å². The molecule has 3 unspecified atom stereocenters. The molecule has 4 aromatic rings. The number of pyridine rings is 2. The normalized spacial score (nSPS) is 20.2. The number of anilines is 2. The van der Waals surface area contributed by atoms with Crippen molar-refractivity contribution in [3.63, 3.8) is 0 Å². The van der Waals surface area contributed by atoms with Gasteiger partial charge in [0.05, 0.1) is 35.4 Å². The van der Waals surface area contributed by atoms with Gasteiger partial charge in [0.25, 0.3) is 5.91 Å². The zero-order chi connectivity index (χ0) is 24.5. The number of carbonyl (C=O) groups is 1. The van der Waals surface area contributed by atoms with Crippen molar-refractivity contribution in [2.45, 2.75) is 32.5 Å². The average molecular weight is 472 g/mol. The third kappa shape index (κ3) is 4.60. The standard InChI is InChI=1S/C26H29N7O2/c1-3-33-14-19(11-29-33)18-5-4-17-6-7-21(30-22(17)10-18)26(35)31-23-12-28-9-8-24(23)32-13-16(2)25(34)20(27)15-32/h4-12,14,16,20,25,34H,3,13,15,27H2,1-2H3,(H,31,35). The molecule has 1 aliphatic heterocycles. The summed E-state index contributed by atoms with van der Waals surface area (Å²) in [7, 11) is 0. The van der Waals surface area contributed by atoms with Gasteiger partial charge in [0.15, 0.2) is 0 Å². The van der Waals surface area contributed by atoms with E-state index in [1.54, 1.807) is 18.5 Å². The zero-order valence-electron chi connectivity index (χ0n) is 19.8. The second-order valence-electron chi connectivity index (χ2n) is 9.07. The molecule has 0 spiro atoms. The first-order valence-corrected chi connectivity index (χ1v) is 11.8. The maximum absolute atomic E-state index is 13.2. The smallest absolute Gasteiger partial charge is 0.274 e. The first-order chi connectivity index (χ1) is 16.9. The lowest BCUT2D eigenvalue weighted by Gasteiger charge is -2.40. The monoisotopic (exact) mass is 471 g/mol. The highest BCUT2D eigenvalue weighted by Crippen LogP contribution is 2.30. The Bertz CT molecular complexity index is 1360. The molecular formula is C26H29N7O2. The predicted octanol–water partition coefficient (Wildman–Crippen LogP) is 2.91. The second-order valence-corrected chi connectivity index (χ2v) is 9.07. The van der Waals surface area contributed by atoms with Crippen LogP contribution in [0, 0.1) is 5.92 Å². The molecule has 3 atom stereocenters. The Labute approximate surface area is 203 Å². The number of hydrogen-bond donors (Lipinski definition) is 3. The number of fused-ring (bicyclic) bond motifs is 1. The van der Waals surface area contributed by atoms with Crippen LogP contribution in [0.3, 0.4) is 0 Å². The van der Waals surface area contributed by atoms with E-state index < -0.39 is 6.10 Å². The molecule has 0 bridgehead atoms. The number of hydrogen-bond acceptors (Lipinski definition) is 7. The molecule has 180 valence electrons. The van der Waals surface area contributed by atoms with Crippen molar-refractivity contribution in [2.75, 3.05) is 23.3 Å². The van der Waals surface area contributed by atoms with Crippen molar-refractivity contribution >= 4 is 28.2 Å². The fourth-order valence-corrected chi connectivity index (χ4v) is 4.57. The molecule has 1 saturated heterocycles. The number of piperidine rings is 1. The third-order valence-electron chi connectivity index (χ3n) is 6.56. The number of carbonyl (C=O) groups excluding carboxylic acids is 1. The van der Waals surface area contributed by atoms with Gasteiger partial charge in [-0.25, -0.2) is 4.98 Å². The van der Waals surface area contributed by atoms with Crippen LogP contribution >= 0.6 is 0 Å². The van der Waals surface area contributed by atoms with Crippen molar-refractivity contribution in [3.8, 4) is 11.1 Å².